The average molecular weight is 352 g/mol. The van der Waals surface area contributed by atoms with E-state index in [1.165, 1.54) is 0 Å². The molecule has 1 aliphatic carbocycles. The van der Waals surface area contributed by atoms with Crippen molar-refractivity contribution in [3.8, 4) is 17.2 Å². The van der Waals surface area contributed by atoms with Gasteiger partial charge in [-0.05, 0) is 36.6 Å². The van der Waals surface area contributed by atoms with Gasteiger partial charge in [0.05, 0.1) is 22.3 Å². The molecule has 2 aromatic heterocycles. The first-order chi connectivity index (χ1) is 13.2. The van der Waals surface area contributed by atoms with Crippen LogP contribution in [0.2, 0.25) is 0 Å². The van der Waals surface area contributed by atoms with E-state index in [1.54, 1.807) is 12.4 Å². The fourth-order valence-corrected chi connectivity index (χ4v) is 3.48. The van der Waals surface area contributed by atoms with Crippen molar-refractivity contribution in [1.29, 1.82) is 5.26 Å². The molecular formula is C23H20N4. The number of benzene rings is 1. The van der Waals surface area contributed by atoms with E-state index in [1.807, 2.05) is 30.5 Å². The third-order valence-electron chi connectivity index (χ3n) is 5.13. The van der Waals surface area contributed by atoms with Gasteiger partial charge in [0.25, 0.3) is 0 Å². The fraction of sp³-hybridized carbons (Fsp3) is 0.174. The summed E-state index contributed by atoms with van der Waals surface area (Å²) in [5, 5.41) is 14.3. The van der Waals surface area contributed by atoms with Crippen LogP contribution in [-0.4, -0.2) is 15.5 Å². The van der Waals surface area contributed by atoms with Gasteiger partial charge >= 0.3 is 0 Å². The van der Waals surface area contributed by atoms with E-state index in [9.17, 15) is 5.26 Å². The molecule has 0 radical (unpaired) electrons. The zero-order valence-electron chi connectivity index (χ0n) is 15.2. The number of hydrogen-bond donors (Lipinski definition) is 1. The summed E-state index contributed by atoms with van der Waals surface area (Å²) in [5.41, 5.74) is 4.17. The van der Waals surface area contributed by atoms with Gasteiger partial charge in [-0.25, -0.2) is 0 Å². The van der Waals surface area contributed by atoms with E-state index >= 15 is 0 Å². The van der Waals surface area contributed by atoms with E-state index < -0.39 is 0 Å². The Labute approximate surface area is 158 Å². The second-order valence-electron chi connectivity index (χ2n) is 6.76. The smallest absolute Gasteiger partial charge is 0.103 e. The van der Waals surface area contributed by atoms with Crippen molar-refractivity contribution in [2.24, 2.45) is 0 Å². The van der Waals surface area contributed by atoms with Crippen LogP contribution in [0.15, 0.2) is 73.2 Å². The summed E-state index contributed by atoms with van der Waals surface area (Å²) in [5.74, 6) is 0. The Morgan fingerprint density at radius 3 is 2.81 bits per heavy atom. The zero-order chi connectivity index (χ0) is 18.7. The molecule has 1 N–H and O–H groups in total. The van der Waals surface area contributed by atoms with Gasteiger partial charge < -0.3 is 5.32 Å². The highest BCUT2D eigenvalue weighted by molar-refractivity contribution is 5.97. The normalized spacial score (nSPS) is 18.4. The van der Waals surface area contributed by atoms with Crippen LogP contribution in [-0.2, 0) is 0 Å². The lowest BCUT2D eigenvalue weighted by Crippen LogP contribution is -2.36. The first kappa shape index (κ1) is 17.0. The zero-order valence-corrected chi connectivity index (χ0v) is 15.2. The van der Waals surface area contributed by atoms with Crippen molar-refractivity contribution < 1.29 is 0 Å². The Balaban J connectivity index is 1.88. The maximum atomic E-state index is 9.68. The van der Waals surface area contributed by atoms with Crippen LogP contribution >= 0.6 is 0 Å². The van der Waals surface area contributed by atoms with Crippen LogP contribution in [0, 0.1) is 11.3 Å². The van der Waals surface area contributed by atoms with Crippen molar-refractivity contribution in [2.75, 3.05) is 5.32 Å². The summed E-state index contributed by atoms with van der Waals surface area (Å²) >= 11 is 0. The fourth-order valence-electron chi connectivity index (χ4n) is 3.48. The van der Waals surface area contributed by atoms with E-state index in [-0.39, 0.29) is 5.54 Å². The summed E-state index contributed by atoms with van der Waals surface area (Å²) in [6.07, 6.45) is 15.5. The molecule has 2 heterocycles. The molecule has 3 aromatic rings. The molecule has 0 bridgehead atoms. The van der Waals surface area contributed by atoms with Crippen LogP contribution in [0.25, 0.3) is 22.0 Å². The van der Waals surface area contributed by atoms with Gasteiger partial charge in [-0.15, -0.1) is 0 Å². The maximum absolute atomic E-state index is 9.68. The molecular weight excluding hydrogens is 332 g/mol. The molecule has 0 spiro atoms. The number of rotatable bonds is 4. The van der Waals surface area contributed by atoms with Gasteiger partial charge in [0, 0.05) is 29.5 Å². The first-order valence-corrected chi connectivity index (χ1v) is 9.10. The topological polar surface area (TPSA) is 61.6 Å². The number of pyridine rings is 2. The molecule has 132 valence electrons. The lowest BCUT2D eigenvalue weighted by Gasteiger charge is -2.33. The number of allylic oxidation sites excluding steroid dienone is 2. The van der Waals surface area contributed by atoms with Crippen molar-refractivity contribution in [1.82, 2.24) is 9.97 Å². The van der Waals surface area contributed by atoms with Crippen molar-refractivity contribution >= 4 is 16.6 Å². The summed E-state index contributed by atoms with van der Waals surface area (Å²) in [4.78, 5) is 8.69. The molecule has 0 aliphatic heterocycles. The summed E-state index contributed by atoms with van der Waals surface area (Å²) in [7, 11) is 0. The third kappa shape index (κ3) is 3.20. The minimum atomic E-state index is -0.195. The number of nitriles is 1. The summed E-state index contributed by atoms with van der Waals surface area (Å²) in [6, 6.07) is 12.4. The van der Waals surface area contributed by atoms with Gasteiger partial charge in [-0.3, -0.25) is 9.97 Å². The predicted molar refractivity (Wildman–Crippen MR) is 109 cm³/mol. The Morgan fingerprint density at radius 1 is 1.19 bits per heavy atom. The maximum Gasteiger partial charge on any atom is 0.103 e. The quantitative estimate of drug-likeness (QED) is 0.697. The Hall–Kier alpha value is -3.45. The minimum absolute atomic E-state index is 0.195. The SMILES string of the molecule is CCC1(Nc2c(C#N)cnc3ccc(-c4cccnc4)cc23)C=CC=CC1. The second-order valence-corrected chi connectivity index (χ2v) is 6.76. The number of anilines is 1. The highest BCUT2D eigenvalue weighted by Crippen LogP contribution is 2.34. The Morgan fingerprint density at radius 2 is 2.11 bits per heavy atom. The van der Waals surface area contributed by atoms with Crippen LogP contribution in [0.3, 0.4) is 0 Å². The van der Waals surface area contributed by atoms with E-state index in [2.05, 4.69) is 58.6 Å². The molecule has 1 aliphatic rings. The molecule has 0 saturated carbocycles. The van der Waals surface area contributed by atoms with Crippen LogP contribution < -0.4 is 5.32 Å². The predicted octanol–water partition coefficient (Wildman–Crippen LogP) is 5.25. The van der Waals surface area contributed by atoms with E-state index in [0.717, 1.165) is 40.6 Å². The van der Waals surface area contributed by atoms with E-state index in [0.29, 0.717) is 5.56 Å². The van der Waals surface area contributed by atoms with Crippen molar-refractivity contribution in [3.05, 3.63) is 78.8 Å². The standard InChI is InChI=1S/C23H20N4/c1-2-23(10-4-3-5-11-23)27-22-19(14-24)16-26-21-9-8-17(13-20(21)22)18-7-6-12-25-15-18/h3-10,12-13,15-16H,2,11H2,1H3,(H,26,27). The van der Waals surface area contributed by atoms with Gasteiger partial charge in [0.15, 0.2) is 0 Å². The summed E-state index contributed by atoms with van der Waals surface area (Å²) < 4.78 is 0. The lowest BCUT2D eigenvalue weighted by molar-refractivity contribution is 0.558. The van der Waals surface area contributed by atoms with Crippen LogP contribution in [0.1, 0.15) is 25.3 Å². The Kier molecular flexibility index (Phi) is 4.43. The van der Waals surface area contributed by atoms with Gasteiger partial charge in [-0.2, -0.15) is 5.26 Å². The number of nitrogens with zero attached hydrogens (tertiary/aromatic N) is 3. The molecule has 4 heteroatoms. The molecule has 1 aromatic carbocycles. The number of hydrogen-bond acceptors (Lipinski definition) is 4. The first-order valence-electron chi connectivity index (χ1n) is 9.10. The molecule has 1 atom stereocenters. The summed E-state index contributed by atoms with van der Waals surface area (Å²) in [6.45, 7) is 2.16. The molecule has 0 amide bonds. The van der Waals surface area contributed by atoms with Crippen molar-refractivity contribution in [3.63, 3.8) is 0 Å². The average Bonchev–Trinajstić information content (AvgIpc) is 2.75. The van der Waals surface area contributed by atoms with Gasteiger partial charge in [0.1, 0.15) is 6.07 Å². The third-order valence-corrected chi connectivity index (χ3v) is 5.13. The Bertz CT molecular complexity index is 1080. The highest BCUT2D eigenvalue weighted by Gasteiger charge is 2.26. The number of nitrogens with one attached hydrogen (secondary N) is 1. The monoisotopic (exact) mass is 352 g/mol. The number of fused-ring (bicyclic) bond motifs is 1. The number of aromatic nitrogens is 2. The second kappa shape index (κ2) is 7.05. The van der Waals surface area contributed by atoms with Gasteiger partial charge in [-0.1, -0.05) is 43.4 Å². The lowest BCUT2D eigenvalue weighted by atomic mass is 9.87. The molecule has 4 rings (SSSR count). The minimum Gasteiger partial charge on any atom is -0.374 e. The molecule has 1 unspecified atom stereocenters. The van der Waals surface area contributed by atoms with Gasteiger partial charge in [0.2, 0.25) is 0 Å². The van der Waals surface area contributed by atoms with Crippen LogP contribution in [0.4, 0.5) is 5.69 Å². The molecule has 0 saturated heterocycles. The molecule has 27 heavy (non-hydrogen) atoms. The van der Waals surface area contributed by atoms with Crippen LogP contribution in [0.5, 0.6) is 0 Å². The van der Waals surface area contributed by atoms with E-state index in [4.69, 9.17) is 0 Å². The molecule has 4 nitrogen and oxygen atoms in total. The largest absolute Gasteiger partial charge is 0.374 e. The van der Waals surface area contributed by atoms with Crippen molar-refractivity contribution in [2.45, 2.75) is 25.3 Å². The molecule has 0 fully saturated rings. The highest BCUT2D eigenvalue weighted by atomic mass is 15.0.